The maximum Gasteiger partial charge on any atom is 0.414 e. The molecule has 0 N–H and O–H groups in total. The van der Waals surface area contributed by atoms with Crippen molar-refractivity contribution in [3.63, 3.8) is 0 Å². The highest BCUT2D eigenvalue weighted by Crippen LogP contribution is 2.23. The summed E-state index contributed by atoms with van der Waals surface area (Å²) in [6, 6.07) is 7.00. The average molecular weight is 274 g/mol. The summed E-state index contributed by atoms with van der Waals surface area (Å²) in [6.45, 7) is 0.455. The van der Waals surface area contributed by atoms with Gasteiger partial charge in [-0.05, 0) is 24.3 Å². The van der Waals surface area contributed by atoms with Crippen molar-refractivity contribution < 1.29 is 13.7 Å². The van der Waals surface area contributed by atoms with Gasteiger partial charge < -0.3 is 4.74 Å². The second kappa shape index (κ2) is 5.06. The van der Waals surface area contributed by atoms with Crippen LogP contribution in [0.5, 0.6) is 0 Å². The van der Waals surface area contributed by atoms with Crippen LogP contribution in [-0.4, -0.2) is 35.1 Å². The number of alkyl halides is 1. The summed E-state index contributed by atoms with van der Waals surface area (Å²) in [5.74, 6) is 0.291. The molecule has 0 radical (unpaired) electrons. The van der Waals surface area contributed by atoms with E-state index in [0.717, 1.165) is 10.6 Å². The number of hydrogen-bond acceptors (Lipinski definition) is 3. The number of halogens is 1. The van der Waals surface area contributed by atoms with Crippen LogP contribution in [-0.2, 0) is 15.5 Å². The van der Waals surface area contributed by atoms with Gasteiger partial charge in [-0.3, -0.25) is 9.11 Å². The first-order valence-corrected chi connectivity index (χ1v) is 7.18. The molecule has 0 spiro atoms. The van der Waals surface area contributed by atoms with E-state index in [1.807, 2.05) is 0 Å². The minimum absolute atomic E-state index is 0.260. The monoisotopic (exact) mass is 273 g/mol. The third-order valence-electron chi connectivity index (χ3n) is 2.53. The van der Waals surface area contributed by atoms with Gasteiger partial charge in [0, 0.05) is 27.6 Å². The van der Waals surface area contributed by atoms with Crippen LogP contribution in [0.15, 0.2) is 29.2 Å². The zero-order valence-electron chi connectivity index (χ0n) is 9.26. The van der Waals surface area contributed by atoms with Crippen molar-refractivity contribution in [1.82, 2.24) is 0 Å². The number of hydrogen-bond donors (Lipinski definition) is 0. The first-order valence-electron chi connectivity index (χ1n) is 5.09. The van der Waals surface area contributed by atoms with Gasteiger partial charge in [-0.25, -0.2) is 4.79 Å². The third-order valence-corrected chi connectivity index (χ3v) is 3.81. The van der Waals surface area contributed by atoms with Crippen LogP contribution < -0.4 is 4.90 Å². The summed E-state index contributed by atoms with van der Waals surface area (Å²) in [6.07, 6.45) is 0.966. The lowest BCUT2D eigenvalue weighted by atomic mass is 10.3. The Morgan fingerprint density at radius 3 is 2.59 bits per heavy atom. The number of rotatable bonds is 3. The molecule has 2 rings (SSSR count). The zero-order valence-corrected chi connectivity index (χ0v) is 10.8. The second-order valence-electron chi connectivity index (χ2n) is 3.72. The maximum absolute atomic E-state index is 11.5. The molecule has 1 aliphatic rings. The topological polar surface area (TPSA) is 46.6 Å². The molecule has 1 aromatic rings. The number of ether oxygens (including phenoxy) is 1. The predicted molar refractivity (Wildman–Crippen MR) is 67.1 cm³/mol. The van der Waals surface area contributed by atoms with Crippen LogP contribution in [0, 0.1) is 0 Å². The molecule has 17 heavy (non-hydrogen) atoms. The summed E-state index contributed by atoms with van der Waals surface area (Å²) in [5, 5.41) is 0. The van der Waals surface area contributed by atoms with Gasteiger partial charge in [0.15, 0.2) is 0 Å². The Morgan fingerprint density at radius 2 is 2.12 bits per heavy atom. The first-order chi connectivity index (χ1) is 8.11. The minimum Gasteiger partial charge on any atom is -0.443 e. The summed E-state index contributed by atoms with van der Waals surface area (Å²) >= 11 is 5.65. The molecule has 1 unspecified atom stereocenters. The van der Waals surface area contributed by atoms with E-state index in [2.05, 4.69) is 0 Å². The standard InChI is InChI=1S/C11H12ClNO3S/c1-17(15)10-4-2-8(3-5-10)13-7-9(6-12)16-11(13)14/h2-5,9H,6-7H2,1H3/t9-,17?/m0/s1. The smallest absolute Gasteiger partial charge is 0.414 e. The number of anilines is 1. The highest BCUT2D eigenvalue weighted by atomic mass is 35.5. The van der Waals surface area contributed by atoms with Crippen molar-refractivity contribution in [2.24, 2.45) is 0 Å². The van der Waals surface area contributed by atoms with E-state index in [0.29, 0.717) is 12.4 Å². The van der Waals surface area contributed by atoms with E-state index in [4.69, 9.17) is 16.3 Å². The lowest BCUT2D eigenvalue weighted by molar-refractivity contribution is 0.151. The minimum atomic E-state index is -1.01. The van der Waals surface area contributed by atoms with E-state index in [1.165, 1.54) is 4.90 Å². The number of carbonyl (C=O) groups excluding carboxylic acids is 1. The molecule has 1 fully saturated rings. The lowest BCUT2D eigenvalue weighted by Crippen LogP contribution is -2.24. The normalized spacial score (nSPS) is 21.4. The summed E-state index contributed by atoms with van der Waals surface area (Å²) in [5.41, 5.74) is 0.733. The molecule has 0 bridgehead atoms. The van der Waals surface area contributed by atoms with Crippen LogP contribution in [0.3, 0.4) is 0 Å². The van der Waals surface area contributed by atoms with Crippen molar-refractivity contribution in [3.8, 4) is 0 Å². The number of carbonyl (C=O) groups is 1. The molecule has 6 heteroatoms. The summed E-state index contributed by atoms with van der Waals surface area (Å²) < 4.78 is 16.3. The maximum atomic E-state index is 11.5. The molecule has 1 heterocycles. The van der Waals surface area contributed by atoms with Crippen LogP contribution in [0.4, 0.5) is 10.5 Å². The fourth-order valence-electron chi connectivity index (χ4n) is 1.63. The van der Waals surface area contributed by atoms with Gasteiger partial charge in [0.25, 0.3) is 0 Å². The largest absolute Gasteiger partial charge is 0.443 e. The number of nitrogens with zero attached hydrogens (tertiary/aromatic N) is 1. The van der Waals surface area contributed by atoms with E-state index >= 15 is 0 Å². The van der Waals surface area contributed by atoms with Crippen LogP contribution in [0.1, 0.15) is 0 Å². The fraction of sp³-hybridized carbons (Fsp3) is 0.364. The van der Waals surface area contributed by atoms with Gasteiger partial charge in [0.2, 0.25) is 0 Å². The molecule has 1 saturated heterocycles. The Morgan fingerprint density at radius 1 is 1.47 bits per heavy atom. The average Bonchev–Trinajstić information content (AvgIpc) is 2.71. The molecular formula is C11H12ClNO3S. The molecule has 0 saturated carbocycles. The molecule has 1 aromatic carbocycles. The first kappa shape index (κ1) is 12.4. The molecule has 4 nitrogen and oxygen atoms in total. The quantitative estimate of drug-likeness (QED) is 0.791. The Hall–Kier alpha value is -1.07. The predicted octanol–water partition coefficient (Wildman–Crippen LogP) is 1.99. The SMILES string of the molecule is CS(=O)c1ccc(N2C[C@H](CCl)OC2=O)cc1. The second-order valence-corrected chi connectivity index (χ2v) is 5.41. The number of cyclic esters (lactones) is 1. The number of benzene rings is 1. The fourth-order valence-corrected chi connectivity index (χ4v) is 2.31. The van der Waals surface area contributed by atoms with Gasteiger partial charge >= 0.3 is 6.09 Å². The van der Waals surface area contributed by atoms with Gasteiger partial charge in [0.05, 0.1) is 12.4 Å². The lowest BCUT2D eigenvalue weighted by Gasteiger charge is -2.12. The highest BCUT2D eigenvalue weighted by Gasteiger charge is 2.31. The van der Waals surface area contributed by atoms with Crippen molar-refractivity contribution in [2.75, 3.05) is 23.6 Å². The van der Waals surface area contributed by atoms with E-state index in [-0.39, 0.29) is 12.2 Å². The molecule has 1 amide bonds. The van der Waals surface area contributed by atoms with Crippen molar-refractivity contribution >= 4 is 34.2 Å². The summed E-state index contributed by atoms with van der Waals surface area (Å²) in [4.78, 5) is 13.8. The van der Waals surface area contributed by atoms with Crippen molar-refractivity contribution in [3.05, 3.63) is 24.3 Å². The van der Waals surface area contributed by atoms with Crippen LogP contribution >= 0.6 is 11.6 Å². The van der Waals surface area contributed by atoms with Gasteiger partial charge in [-0.15, -0.1) is 11.6 Å². The Bertz CT molecular complexity index is 449. The van der Waals surface area contributed by atoms with E-state index in [9.17, 15) is 9.00 Å². The van der Waals surface area contributed by atoms with Crippen molar-refractivity contribution in [1.29, 1.82) is 0 Å². The molecule has 0 aliphatic carbocycles. The highest BCUT2D eigenvalue weighted by molar-refractivity contribution is 7.84. The Labute approximate surface area is 107 Å². The van der Waals surface area contributed by atoms with Gasteiger partial charge in [-0.1, -0.05) is 0 Å². The summed E-state index contributed by atoms with van der Waals surface area (Å²) in [7, 11) is -1.01. The van der Waals surface area contributed by atoms with Crippen molar-refractivity contribution in [2.45, 2.75) is 11.0 Å². The molecule has 2 atom stereocenters. The van der Waals surface area contributed by atoms with E-state index < -0.39 is 10.8 Å². The zero-order chi connectivity index (χ0) is 12.4. The Balaban J connectivity index is 2.18. The van der Waals surface area contributed by atoms with Gasteiger partial charge in [0.1, 0.15) is 6.10 Å². The molecular weight excluding hydrogens is 262 g/mol. The van der Waals surface area contributed by atoms with Crippen LogP contribution in [0.25, 0.3) is 0 Å². The van der Waals surface area contributed by atoms with E-state index in [1.54, 1.807) is 30.5 Å². The molecule has 1 aliphatic heterocycles. The third kappa shape index (κ3) is 2.61. The van der Waals surface area contributed by atoms with Crippen LogP contribution in [0.2, 0.25) is 0 Å². The van der Waals surface area contributed by atoms with Gasteiger partial charge in [-0.2, -0.15) is 0 Å². The molecule has 92 valence electrons. The Kier molecular flexibility index (Phi) is 3.69. The molecule has 0 aromatic heterocycles. The number of amides is 1.